The molecule has 3 aromatic heterocycles. The van der Waals surface area contributed by atoms with Crippen LogP contribution in [0.15, 0.2) is 33.9 Å². The second-order valence-electron chi connectivity index (χ2n) is 8.63. The van der Waals surface area contributed by atoms with Gasteiger partial charge in [0.25, 0.3) is 5.56 Å². The average molecular weight is 486 g/mol. The zero-order chi connectivity index (χ0) is 24.1. The Labute approximate surface area is 198 Å². The van der Waals surface area contributed by atoms with Gasteiger partial charge in [0.1, 0.15) is 0 Å². The molecule has 178 valence electrons. The number of aromatic nitrogens is 5. The van der Waals surface area contributed by atoms with E-state index in [2.05, 4.69) is 20.6 Å². The fourth-order valence-corrected chi connectivity index (χ4v) is 5.00. The molecule has 0 aliphatic heterocycles. The number of carboxylic acid groups (broad SMARTS) is 1. The van der Waals surface area contributed by atoms with E-state index in [1.165, 1.54) is 4.57 Å². The molecule has 1 aliphatic rings. The van der Waals surface area contributed by atoms with Crippen LogP contribution in [0.5, 0.6) is 0 Å². The fraction of sp³-hybridized carbons (Fsp3) is 0.364. The Hall–Kier alpha value is -3.73. The normalized spacial score (nSPS) is 18.1. The van der Waals surface area contributed by atoms with Gasteiger partial charge in [0.15, 0.2) is 11.2 Å². The highest BCUT2D eigenvalue weighted by atomic mass is 35.5. The molecule has 11 nitrogen and oxygen atoms in total. The van der Waals surface area contributed by atoms with E-state index < -0.39 is 17.3 Å². The number of halogens is 1. The van der Waals surface area contributed by atoms with Gasteiger partial charge in [-0.1, -0.05) is 17.7 Å². The Morgan fingerprint density at radius 3 is 2.74 bits per heavy atom. The van der Waals surface area contributed by atoms with E-state index in [-0.39, 0.29) is 29.8 Å². The van der Waals surface area contributed by atoms with Crippen molar-refractivity contribution in [2.24, 2.45) is 14.1 Å². The SMILES string of the molecule is Cn1c(NC2CCCC2NC(=O)O)nc2c1c(=O)n(Cc1cc3c(Cl)cccc3[nH]1)c(=O)n2C. The first-order valence-electron chi connectivity index (χ1n) is 10.9. The molecule has 0 radical (unpaired) electrons. The summed E-state index contributed by atoms with van der Waals surface area (Å²) in [7, 11) is 3.27. The number of hydrogen-bond acceptors (Lipinski definition) is 5. The molecule has 1 amide bonds. The van der Waals surface area contributed by atoms with Crippen LogP contribution in [0.25, 0.3) is 22.1 Å². The number of H-pyrrole nitrogens is 1. The van der Waals surface area contributed by atoms with Crippen molar-refractivity contribution >= 4 is 45.7 Å². The predicted octanol–water partition coefficient (Wildman–Crippen LogP) is 2.22. The lowest BCUT2D eigenvalue weighted by Gasteiger charge is -2.21. The molecular weight excluding hydrogens is 462 g/mol. The van der Waals surface area contributed by atoms with Crippen molar-refractivity contribution in [3.05, 3.63) is 55.8 Å². The standard InChI is InChI=1S/C22H24ClN7O4/c1-28-17-18(27-20(28)25-15-7-4-8-16(15)26-21(32)33)29(2)22(34)30(19(17)31)10-11-9-12-13(23)5-3-6-14(12)24-11/h3,5-6,9,15-16,24,26H,4,7-8,10H2,1-2H3,(H,25,27)(H,32,33). The molecule has 34 heavy (non-hydrogen) atoms. The van der Waals surface area contributed by atoms with Crippen LogP contribution >= 0.6 is 11.6 Å². The lowest BCUT2D eigenvalue weighted by atomic mass is 10.2. The van der Waals surface area contributed by atoms with E-state index in [0.29, 0.717) is 23.1 Å². The Morgan fingerprint density at radius 2 is 2.00 bits per heavy atom. The molecule has 2 atom stereocenters. The minimum Gasteiger partial charge on any atom is -0.465 e. The average Bonchev–Trinajstić information content (AvgIpc) is 3.48. The number of carbonyl (C=O) groups is 1. The molecule has 0 bridgehead atoms. The van der Waals surface area contributed by atoms with Gasteiger partial charge in [-0.25, -0.2) is 9.59 Å². The van der Waals surface area contributed by atoms with Crippen LogP contribution in [0.3, 0.4) is 0 Å². The number of imidazole rings is 1. The van der Waals surface area contributed by atoms with Crippen LogP contribution < -0.4 is 21.9 Å². The van der Waals surface area contributed by atoms with Crippen LogP contribution in [-0.2, 0) is 20.6 Å². The van der Waals surface area contributed by atoms with Crippen LogP contribution in [0.1, 0.15) is 25.0 Å². The molecule has 12 heteroatoms. The van der Waals surface area contributed by atoms with Gasteiger partial charge in [0.2, 0.25) is 5.95 Å². The van der Waals surface area contributed by atoms with Crippen LogP contribution in [-0.4, -0.2) is 47.0 Å². The molecule has 2 unspecified atom stereocenters. The lowest BCUT2D eigenvalue weighted by molar-refractivity contribution is 0.189. The Bertz CT molecular complexity index is 1550. The number of rotatable bonds is 5. The van der Waals surface area contributed by atoms with Gasteiger partial charge in [-0.05, 0) is 37.5 Å². The maximum absolute atomic E-state index is 13.4. The third-order valence-electron chi connectivity index (χ3n) is 6.49. The smallest absolute Gasteiger partial charge is 0.404 e. The van der Waals surface area contributed by atoms with Gasteiger partial charge in [-0.15, -0.1) is 0 Å². The molecule has 1 saturated carbocycles. The summed E-state index contributed by atoms with van der Waals surface area (Å²) in [5.74, 6) is 0.404. The van der Waals surface area contributed by atoms with Crippen molar-refractivity contribution in [3.63, 3.8) is 0 Å². The van der Waals surface area contributed by atoms with Crippen molar-refractivity contribution in [2.45, 2.75) is 37.9 Å². The van der Waals surface area contributed by atoms with E-state index in [1.807, 2.05) is 18.2 Å². The number of fused-ring (bicyclic) bond motifs is 2. The second-order valence-corrected chi connectivity index (χ2v) is 9.04. The van der Waals surface area contributed by atoms with Gasteiger partial charge < -0.3 is 25.3 Å². The van der Waals surface area contributed by atoms with Crippen LogP contribution in [0, 0.1) is 0 Å². The molecule has 5 rings (SSSR count). The quantitative estimate of drug-likeness (QED) is 0.342. The predicted molar refractivity (Wildman–Crippen MR) is 129 cm³/mol. The summed E-state index contributed by atoms with van der Waals surface area (Å²) in [6.45, 7) is 0.0492. The van der Waals surface area contributed by atoms with Crippen molar-refractivity contribution < 1.29 is 9.90 Å². The summed E-state index contributed by atoms with van der Waals surface area (Å²) >= 11 is 6.26. The molecule has 3 heterocycles. The van der Waals surface area contributed by atoms with E-state index in [0.717, 1.165) is 28.3 Å². The van der Waals surface area contributed by atoms with Gasteiger partial charge in [-0.3, -0.25) is 13.9 Å². The Morgan fingerprint density at radius 1 is 1.24 bits per heavy atom. The molecule has 0 spiro atoms. The number of amides is 1. The molecule has 4 aromatic rings. The third-order valence-corrected chi connectivity index (χ3v) is 6.82. The number of anilines is 1. The van der Waals surface area contributed by atoms with Crippen molar-refractivity contribution in [3.8, 4) is 0 Å². The number of benzene rings is 1. The van der Waals surface area contributed by atoms with Gasteiger partial charge in [-0.2, -0.15) is 4.98 Å². The monoisotopic (exact) mass is 485 g/mol. The maximum atomic E-state index is 13.4. The third kappa shape index (κ3) is 3.61. The second kappa shape index (κ2) is 8.24. The van der Waals surface area contributed by atoms with E-state index in [9.17, 15) is 14.4 Å². The number of nitrogens with zero attached hydrogens (tertiary/aromatic N) is 4. The number of aryl methyl sites for hydroxylation is 2. The highest BCUT2D eigenvalue weighted by Gasteiger charge is 2.30. The number of nitrogens with one attached hydrogen (secondary N) is 3. The summed E-state index contributed by atoms with van der Waals surface area (Å²) in [4.78, 5) is 45.3. The number of hydrogen-bond donors (Lipinski definition) is 4. The van der Waals surface area contributed by atoms with E-state index in [1.54, 1.807) is 24.7 Å². The summed E-state index contributed by atoms with van der Waals surface area (Å²) in [5, 5.41) is 16.3. The summed E-state index contributed by atoms with van der Waals surface area (Å²) in [5.41, 5.74) is 1.09. The largest absolute Gasteiger partial charge is 0.465 e. The first-order valence-corrected chi connectivity index (χ1v) is 11.3. The van der Waals surface area contributed by atoms with Gasteiger partial charge >= 0.3 is 11.8 Å². The molecule has 1 aromatic carbocycles. The van der Waals surface area contributed by atoms with Crippen LogP contribution in [0.4, 0.5) is 10.7 Å². The van der Waals surface area contributed by atoms with Gasteiger partial charge in [0, 0.05) is 41.8 Å². The Balaban J connectivity index is 1.54. The first-order chi connectivity index (χ1) is 16.2. The molecular formula is C22H24ClN7O4. The maximum Gasteiger partial charge on any atom is 0.404 e. The number of aromatic amines is 1. The first kappa shape index (κ1) is 22.1. The van der Waals surface area contributed by atoms with Crippen molar-refractivity contribution in [2.75, 3.05) is 5.32 Å². The summed E-state index contributed by atoms with van der Waals surface area (Å²) in [6, 6.07) is 6.90. The molecule has 0 saturated heterocycles. The highest BCUT2D eigenvalue weighted by Crippen LogP contribution is 2.25. The molecule has 4 N–H and O–H groups in total. The topological polar surface area (TPSA) is 139 Å². The zero-order valence-electron chi connectivity index (χ0n) is 18.6. The minimum absolute atomic E-state index is 0.0492. The highest BCUT2D eigenvalue weighted by molar-refractivity contribution is 6.35. The zero-order valence-corrected chi connectivity index (χ0v) is 19.4. The molecule has 1 fully saturated rings. The molecule has 1 aliphatic carbocycles. The Kier molecular flexibility index (Phi) is 5.35. The summed E-state index contributed by atoms with van der Waals surface area (Å²) in [6.07, 6.45) is 1.27. The summed E-state index contributed by atoms with van der Waals surface area (Å²) < 4.78 is 4.13. The fourth-order valence-electron chi connectivity index (χ4n) is 4.77. The lowest BCUT2D eigenvalue weighted by Crippen LogP contribution is -2.43. The van der Waals surface area contributed by atoms with Crippen molar-refractivity contribution in [1.29, 1.82) is 0 Å². The van der Waals surface area contributed by atoms with E-state index >= 15 is 0 Å². The minimum atomic E-state index is -1.08. The van der Waals surface area contributed by atoms with Gasteiger partial charge in [0.05, 0.1) is 12.6 Å². The van der Waals surface area contributed by atoms with Crippen molar-refractivity contribution in [1.82, 2.24) is 29.0 Å². The van der Waals surface area contributed by atoms with E-state index in [4.69, 9.17) is 16.7 Å². The van der Waals surface area contributed by atoms with Crippen LogP contribution in [0.2, 0.25) is 5.02 Å².